The molecule has 0 aliphatic carbocycles. The van der Waals surface area contributed by atoms with Crippen LogP contribution in [0.15, 0.2) is 35.1 Å². The minimum absolute atomic E-state index is 0.00696. The predicted molar refractivity (Wildman–Crippen MR) is 71.0 cm³/mol. The van der Waals surface area contributed by atoms with Crippen LogP contribution in [-0.2, 0) is 0 Å². The number of non-ortho nitro benzene ring substituents is 1. The molecule has 0 unspecified atom stereocenters. The molecule has 19 heavy (non-hydrogen) atoms. The molecular formula is C13H13N3O3. The van der Waals surface area contributed by atoms with Gasteiger partial charge in [0.05, 0.1) is 10.6 Å². The number of nitrogens with zero attached hydrogens (tertiary/aromatic N) is 2. The Morgan fingerprint density at radius 3 is 2.68 bits per heavy atom. The van der Waals surface area contributed by atoms with E-state index >= 15 is 0 Å². The SMILES string of the molecule is CC(C)c1n[nH]c(=O)cc1-c1cccc([N+](=O)[O-])c1. The molecular weight excluding hydrogens is 246 g/mol. The second-order valence-electron chi connectivity index (χ2n) is 4.49. The molecule has 98 valence electrons. The first kappa shape index (κ1) is 12.9. The number of hydrogen-bond acceptors (Lipinski definition) is 4. The van der Waals surface area contributed by atoms with E-state index in [-0.39, 0.29) is 17.2 Å². The van der Waals surface area contributed by atoms with Gasteiger partial charge in [0.15, 0.2) is 0 Å². The normalized spacial score (nSPS) is 10.7. The average Bonchev–Trinajstić information content (AvgIpc) is 2.38. The number of benzene rings is 1. The Balaban J connectivity index is 2.64. The molecule has 0 radical (unpaired) electrons. The van der Waals surface area contributed by atoms with Crippen molar-refractivity contribution in [3.63, 3.8) is 0 Å². The molecule has 2 rings (SSSR count). The Labute approximate surface area is 109 Å². The van der Waals surface area contributed by atoms with Crippen LogP contribution in [0.2, 0.25) is 0 Å². The molecule has 6 heteroatoms. The predicted octanol–water partition coefficient (Wildman–Crippen LogP) is 2.47. The minimum atomic E-state index is -0.459. The van der Waals surface area contributed by atoms with E-state index < -0.39 is 4.92 Å². The van der Waals surface area contributed by atoms with E-state index in [0.29, 0.717) is 16.8 Å². The van der Waals surface area contributed by atoms with Gasteiger partial charge in [-0.25, -0.2) is 5.10 Å². The lowest BCUT2D eigenvalue weighted by atomic mass is 9.98. The lowest BCUT2D eigenvalue weighted by molar-refractivity contribution is -0.384. The van der Waals surface area contributed by atoms with Crippen LogP contribution >= 0.6 is 0 Å². The molecule has 0 atom stereocenters. The summed E-state index contributed by atoms with van der Waals surface area (Å²) >= 11 is 0. The Bertz CT molecular complexity index is 677. The maximum absolute atomic E-state index is 11.4. The van der Waals surface area contributed by atoms with Crippen molar-refractivity contribution in [1.82, 2.24) is 10.2 Å². The summed E-state index contributed by atoms with van der Waals surface area (Å²) in [6.45, 7) is 3.89. The van der Waals surface area contributed by atoms with E-state index in [9.17, 15) is 14.9 Å². The van der Waals surface area contributed by atoms with Crippen LogP contribution in [0, 0.1) is 10.1 Å². The van der Waals surface area contributed by atoms with Gasteiger partial charge >= 0.3 is 0 Å². The zero-order chi connectivity index (χ0) is 14.0. The monoisotopic (exact) mass is 259 g/mol. The topological polar surface area (TPSA) is 88.9 Å². The zero-order valence-corrected chi connectivity index (χ0v) is 10.6. The van der Waals surface area contributed by atoms with Crippen molar-refractivity contribution in [3.8, 4) is 11.1 Å². The van der Waals surface area contributed by atoms with E-state index in [0.717, 1.165) is 0 Å². The molecule has 1 aromatic heterocycles. The molecule has 6 nitrogen and oxygen atoms in total. The number of nitro benzene ring substituents is 1. The number of aromatic amines is 1. The van der Waals surface area contributed by atoms with Gasteiger partial charge in [-0.05, 0) is 11.5 Å². The van der Waals surface area contributed by atoms with E-state index in [1.807, 2.05) is 13.8 Å². The molecule has 0 aliphatic rings. The van der Waals surface area contributed by atoms with Crippen LogP contribution < -0.4 is 5.56 Å². The van der Waals surface area contributed by atoms with Crippen molar-refractivity contribution >= 4 is 5.69 Å². The fraction of sp³-hybridized carbons (Fsp3) is 0.231. The lowest BCUT2D eigenvalue weighted by Crippen LogP contribution is -2.11. The maximum Gasteiger partial charge on any atom is 0.270 e. The van der Waals surface area contributed by atoms with Gasteiger partial charge in [0.1, 0.15) is 0 Å². The van der Waals surface area contributed by atoms with Crippen molar-refractivity contribution in [3.05, 3.63) is 56.5 Å². The highest BCUT2D eigenvalue weighted by Gasteiger charge is 2.14. The van der Waals surface area contributed by atoms with Crippen molar-refractivity contribution in [2.24, 2.45) is 0 Å². The molecule has 0 amide bonds. The molecule has 0 saturated carbocycles. The van der Waals surface area contributed by atoms with Gasteiger partial charge in [0.25, 0.3) is 11.2 Å². The first-order valence-corrected chi connectivity index (χ1v) is 5.83. The van der Waals surface area contributed by atoms with Crippen LogP contribution in [0.25, 0.3) is 11.1 Å². The number of H-pyrrole nitrogens is 1. The van der Waals surface area contributed by atoms with Gasteiger partial charge in [-0.2, -0.15) is 5.10 Å². The molecule has 1 heterocycles. The summed E-state index contributed by atoms with van der Waals surface area (Å²) < 4.78 is 0. The molecule has 0 aliphatic heterocycles. The number of rotatable bonds is 3. The molecule has 0 spiro atoms. The third-order valence-corrected chi connectivity index (χ3v) is 2.75. The van der Waals surface area contributed by atoms with Crippen molar-refractivity contribution in [1.29, 1.82) is 0 Å². The van der Waals surface area contributed by atoms with Gasteiger partial charge in [-0.15, -0.1) is 0 Å². The third-order valence-electron chi connectivity index (χ3n) is 2.75. The number of nitro groups is 1. The highest BCUT2D eigenvalue weighted by molar-refractivity contribution is 5.68. The van der Waals surface area contributed by atoms with Gasteiger partial charge in [-0.3, -0.25) is 14.9 Å². The standard InChI is InChI=1S/C13H13N3O3/c1-8(2)13-11(7-12(17)14-15-13)9-4-3-5-10(6-9)16(18)19/h3-8H,1-2H3,(H,14,17). The van der Waals surface area contributed by atoms with E-state index in [1.165, 1.54) is 18.2 Å². The fourth-order valence-electron chi connectivity index (χ4n) is 1.87. The largest absolute Gasteiger partial charge is 0.270 e. The van der Waals surface area contributed by atoms with Gasteiger partial charge in [-0.1, -0.05) is 26.0 Å². The van der Waals surface area contributed by atoms with Crippen LogP contribution in [-0.4, -0.2) is 15.1 Å². The molecule has 2 aromatic rings. The number of hydrogen-bond donors (Lipinski definition) is 1. The summed E-state index contributed by atoms with van der Waals surface area (Å²) in [4.78, 5) is 21.7. The van der Waals surface area contributed by atoms with Gasteiger partial charge in [0, 0.05) is 23.8 Å². The summed E-state index contributed by atoms with van der Waals surface area (Å²) in [5.74, 6) is 0.103. The highest BCUT2D eigenvalue weighted by Crippen LogP contribution is 2.28. The molecule has 0 saturated heterocycles. The zero-order valence-electron chi connectivity index (χ0n) is 10.6. The number of nitrogens with one attached hydrogen (secondary N) is 1. The highest BCUT2D eigenvalue weighted by atomic mass is 16.6. The van der Waals surface area contributed by atoms with Crippen LogP contribution in [0.1, 0.15) is 25.5 Å². The van der Waals surface area contributed by atoms with Crippen molar-refractivity contribution in [2.75, 3.05) is 0 Å². The van der Waals surface area contributed by atoms with Crippen molar-refractivity contribution < 1.29 is 4.92 Å². The minimum Gasteiger partial charge on any atom is -0.268 e. The Morgan fingerprint density at radius 2 is 2.05 bits per heavy atom. The second kappa shape index (κ2) is 5.01. The first-order chi connectivity index (χ1) is 8.99. The molecule has 1 N–H and O–H groups in total. The average molecular weight is 259 g/mol. The van der Waals surface area contributed by atoms with E-state index in [4.69, 9.17) is 0 Å². The Kier molecular flexibility index (Phi) is 3.41. The maximum atomic E-state index is 11.4. The molecule has 1 aromatic carbocycles. The summed E-state index contributed by atoms with van der Waals surface area (Å²) in [5, 5.41) is 17.2. The fourth-order valence-corrected chi connectivity index (χ4v) is 1.87. The third kappa shape index (κ3) is 2.67. The summed E-state index contributed by atoms with van der Waals surface area (Å²) in [6.07, 6.45) is 0. The summed E-state index contributed by atoms with van der Waals surface area (Å²) in [5.41, 5.74) is 1.62. The van der Waals surface area contributed by atoms with Crippen LogP contribution in [0.3, 0.4) is 0 Å². The quantitative estimate of drug-likeness (QED) is 0.677. The smallest absolute Gasteiger partial charge is 0.268 e. The summed E-state index contributed by atoms with van der Waals surface area (Å²) in [7, 11) is 0. The number of aromatic nitrogens is 2. The van der Waals surface area contributed by atoms with Crippen molar-refractivity contribution in [2.45, 2.75) is 19.8 Å². The van der Waals surface area contributed by atoms with Crippen LogP contribution in [0.5, 0.6) is 0 Å². The molecule has 0 bridgehead atoms. The Morgan fingerprint density at radius 1 is 1.32 bits per heavy atom. The van der Waals surface area contributed by atoms with E-state index in [1.54, 1.807) is 12.1 Å². The first-order valence-electron chi connectivity index (χ1n) is 5.83. The van der Waals surface area contributed by atoms with E-state index in [2.05, 4.69) is 10.2 Å². The lowest BCUT2D eigenvalue weighted by Gasteiger charge is -2.10. The summed E-state index contributed by atoms with van der Waals surface area (Å²) in [6, 6.07) is 7.61. The van der Waals surface area contributed by atoms with Crippen LogP contribution in [0.4, 0.5) is 5.69 Å². The Hall–Kier alpha value is -2.50. The van der Waals surface area contributed by atoms with Gasteiger partial charge < -0.3 is 0 Å². The van der Waals surface area contributed by atoms with Gasteiger partial charge in [0.2, 0.25) is 0 Å². The second-order valence-corrected chi connectivity index (χ2v) is 4.49. The molecule has 0 fully saturated rings.